The van der Waals surface area contributed by atoms with Crippen molar-refractivity contribution < 1.29 is 8.81 Å². The molecule has 0 amide bonds. The number of hydrogen-bond acceptors (Lipinski definition) is 3. The molecule has 4 heteroatoms. The van der Waals surface area contributed by atoms with Crippen molar-refractivity contribution in [3.05, 3.63) is 53.7 Å². The molecule has 0 aliphatic carbocycles. The quantitative estimate of drug-likeness (QED) is 0.866. The second-order valence-electron chi connectivity index (χ2n) is 4.39. The van der Waals surface area contributed by atoms with Crippen molar-refractivity contribution in [1.82, 2.24) is 5.32 Å². The van der Waals surface area contributed by atoms with Crippen LogP contribution in [0.25, 0.3) is 0 Å². The molecule has 0 radical (unpaired) electrons. The maximum absolute atomic E-state index is 13.0. The molecule has 0 saturated carbocycles. The van der Waals surface area contributed by atoms with Crippen LogP contribution in [-0.2, 0) is 13.1 Å². The number of nitrogens with zero attached hydrogens (tertiary/aromatic N) is 1. The van der Waals surface area contributed by atoms with Crippen molar-refractivity contribution in [2.75, 3.05) is 18.5 Å². The Labute approximate surface area is 113 Å². The summed E-state index contributed by atoms with van der Waals surface area (Å²) in [5, 5.41) is 3.12. The van der Waals surface area contributed by atoms with E-state index in [1.54, 1.807) is 18.4 Å². The van der Waals surface area contributed by atoms with Crippen LogP contribution in [0.3, 0.4) is 0 Å². The van der Waals surface area contributed by atoms with E-state index in [9.17, 15) is 4.39 Å². The Bertz CT molecular complexity index is 507. The summed E-state index contributed by atoms with van der Waals surface area (Å²) in [7, 11) is 1.91. The van der Waals surface area contributed by atoms with Gasteiger partial charge in [-0.1, -0.05) is 0 Å². The summed E-state index contributed by atoms with van der Waals surface area (Å²) in [4.78, 5) is 2.15. The van der Waals surface area contributed by atoms with E-state index in [0.29, 0.717) is 6.54 Å². The summed E-state index contributed by atoms with van der Waals surface area (Å²) in [6.45, 7) is 4.38. The largest absolute Gasteiger partial charge is 0.467 e. The van der Waals surface area contributed by atoms with Gasteiger partial charge in [-0.15, -0.1) is 0 Å². The predicted molar refractivity (Wildman–Crippen MR) is 74.6 cm³/mol. The normalized spacial score (nSPS) is 10.7. The van der Waals surface area contributed by atoms with E-state index in [2.05, 4.69) is 17.1 Å². The molecule has 19 heavy (non-hydrogen) atoms. The average molecular weight is 262 g/mol. The second kappa shape index (κ2) is 6.38. The molecule has 0 aliphatic heterocycles. The van der Waals surface area contributed by atoms with E-state index in [1.165, 1.54) is 12.1 Å². The Balaban J connectivity index is 2.14. The van der Waals surface area contributed by atoms with E-state index < -0.39 is 0 Å². The molecule has 0 saturated heterocycles. The molecular formula is C15H19FN2O. The van der Waals surface area contributed by atoms with Gasteiger partial charge in [0.05, 0.1) is 12.8 Å². The zero-order valence-corrected chi connectivity index (χ0v) is 11.3. The van der Waals surface area contributed by atoms with Crippen LogP contribution in [-0.4, -0.2) is 13.6 Å². The van der Waals surface area contributed by atoms with E-state index in [-0.39, 0.29) is 5.82 Å². The molecule has 102 valence electrons. The minimum absolute atomic E-state index is 0.214. The lowest BCUT2D eigenvalue weighted by atomic mass is 10.2. The van der Waals surface area contributed by atoms with E-state index in [0.717, 1.165) is 30.1 Å². The fourth-order valence-electron chi connectivity index (χ4n) is 2.06. The van der Waals surface area contributed by atoms with E-state index in [1.807, 2.05) is 13.1 Å². The Kier molecular flexibility index (Phi) is 4.58. The Morgan fingerprint density at radius 1 is 1.21 bits per heavy atom. The van der Waals surface area contributed by atoms with Gasteiger partial charge in [0.1, 0.15) is 11.6 Å². The van der Waals surface area contributed by atoms with Gasteiger partial charge in [-0.2, -0.15) is 0 Å². The van der Waals surface area contributed by atoms with Crippen LogP contribution in [0.4, 0.5) is 10.1 Å². The third kappa shape index (κ3) is 3.35. The van der Waals surface area contributed by atoms with Crippen molar-refractivity contribution in [2.24, 2.45) is 0 Å². The maximum atomic E-state index is 13.0. The number of nitrogens with one attached hydrogen (secondary N) is 1. The highest BCUT2D eigenvalue weighted by atomic mass is 19.1. The lowest BCUT2D eigenvalue weighted by molar-refractivity contribution is 0.497. The predicted octanol–water partition coefficient (Wildman–Crippen LogP) is 3.16. The number of benzene rings is 1. The standard InChI is InChI=1S/C15H19FN2O/c1-3-18(14-6-4-13(16)5-7-14)11-15-12(10-17-2)8-9-19-15/h4-9,17H,3,10-11H2,1-2H3. The molecule has 0 spiro atoms. The second-order valence-corrected chi connectivity index (χ2v) is 4.39. The highest BCUT2D eigenvalue weighted by Gasteiger charge is 2.11. The molecule has 0 bridgehead atoms. The first-order valence-corrected chi connectivity index (χ1v) is 6.45. The van der Waals surface area contributed by atoms with Gasteiger partial charge in [0.2, 0.25) is 0 Å². The van der Waals surface area contributed by atoms with Crippen LogP contribution < -0.4 is 10.2 Å². The molecule has 2 rings (SSSR count). The van der Waals surface area contributed by atoms with Gasteiger partial charge in [-0.25, -0.2) is 4.39 Å². The van der Waals surface area contributed by atoms with Crippen LogP contribution in [0.2, 0.25) is 0 Å². The lowest BCUT2D eigenvalue weighted by Crippen LogP contribution is -2.22. The van der Waals surface area contributed by atoms with Gasteiger partial charge in [0, 0.05) is 24.3 Å². The Morgan fingerprint density at radius 3 is 2.58 bits per heavy atom. The molecule has 1 heterocycles. The van der Waals surface area contributed by atoms with Gasteiger partial charge in [-0.3, -0.25) is 0 Å². The highest BCUT2D eigenvalue weighted by molar-refractivity contribution is 5.46. The van der Waals surface area contributed by atoms with Gasteiger partial charge in [-0.05, 0) is 44.3 Å². The summed E-state index contributed by atoms with van der Waals surface area (Å²) in [5.41, 5.74) is 2.15. The molecule has 1 N–H and O–H groups in total. The van der Waals surface area contributed by atoms with Crippen LogP contribution >= 0.6 is 0 Å². The number of halogens is 1. The minimum atomic E-state index is -0.214. The molecule has 2 aromatic rings. The smallest absolute Gasteiger partial charge is 0.127 e. The SMILES string of the molecule is CCN(Cc1occc1CNC)c1ccc(F)cc1. The van der Waals surface area contributed by atoms with Gasteiger partial charge in [0.25, 0.3) is 0 Å². The van der Waals surface area contributed by atoms with Crippen molar-refractivity contribution in [1.29, 1.82) is 0 Å². The van der Waals surface area contributed by atoms with Crippen molar-refractivity contribution in [3.8, 4) is 0 Å². The summed E-state index contributed by atoms with van der Waals surface area (Å²) in [6.07, 6.45) is 1.71. The van der Waals surface area contributed by atoms with Crippen molar-refractivity contribution >= 4 is 5.69 Å². The van der Waals surface area contributed by atoms with Crippen molar-refractivity contribution in [3.63, 3.8) is 0 Å². The van der Waals surface area contributed by atoms with Crippen LogP contribution in [0, 0.1) is 5.82 Å². The third-order valence-corrected chi connectivity index (χ3v) is 3.11. The molecule has 0 aliphatic rings. The Morgan fingerprint density at radius 2 is 1.95 bits per heavy atom. The van der Waals surface area contributed by atoms with Crippen molar-refractivity contribution in [2.45, 2.75) is 20.0 Å². The summed E-state index contributed by atoms with van der Waals surface area (Å²) >= 11 is 0. The van der Waals surface area contributed by atoms with Gasteiger partial charge < -0.3 is 14.6 Å². The number of furan rings is 1. The first-order chi connectivity index (χ1) is 9.24. The summed E-state index contributed by atoms with van der Waals surface area (Å²) in [6, 6.07) is 8.52. The first-order valence-electron chi connectivity index (χ1n) is 6.45. The average Bonchev–Trinajstić information content (AvgIpc) is 2.85. The molecular weight excluding hydrogens is 243 g/mol. The van der Waals surface area contributed by atoms with Gasteiger partial charge >= 0.3 is 0 Å². The minimum Gasteiger partial charge on any atom is -0.467 e. The fraction of sp³-hybridized carbons (Fsp3) is 0.333. The monoisotopic (exact) mass is 262 g/mol. The maximum Gasteiger partial charge on any atom is 0.127 e. The molecule has 0 unspecified atom stereocenters. The zero-order valence-electron chi connectivity index (χ0n) is 11.3. The molecule has 0 fully saturated rings. The van der Waals surface area contributed by atoms with E-state index in [4.69, 9.17) is 4.42 Å². The van der Waals surface area contributed by atoms with Crippen LogP contribution in [0.5, 0.6) is 0 Å². The Hall–Kier alpha value is -1.81. The number of anilines is 1. The topological polar surface area (TPSA) is 28.4 Å². The van der Waals surface area contributed by atoms with Gasteiger partial charge in [0.15, 0.2) is 0 Å². The first kappa shape index (κ1) is 13.6. The van der Waals surface area contributed by atoms with E-state index >= 15 is 0 Å². The number of rotatable bonds is 6. The lowest BCUT2D eigenvalue weighted by Gasteiger charge is -2.22. The highest BCUT2D eigenvalue weighted by Crippen LogP contribution is 2.20. The molecule has 0 atom stereocenters. The third-order valence-electron chi connectivity index (χ3n) is 3.11. The summed E-state index contributed by atoms with van der Waals surface area (Å²) in [5.74, 6) is 0.731. The zero-order chi connectivity index (χ0) is 13.7. The number of hydrogen-bond donors (Lipinski definition) is 1. The summed E-state index contributed by atoms with van der Waals surface area (Å²) < 4.78 is 18.5. The molecule has 1 aromatic heterocycles. The van der Waals surface area contributed by atoms with Crippen LogP contribution in [0.15, 0.2) is 41.0 Å². The van der Waals surface area contributed by atoms with Crippen LogP contribution in [0.1, 0.15) is 18.2 Å². The molecule has 1 aromatic carbocycles. The molecule has 3 nitrogen and oxygen atoms in total. The fourth-order valence-corrected chi connectivity index (χ4v) is 2.06.